The molecule has 0 radical (unpaired) electrons. The van der Waals surface area contributed by atoms with E-state index in [2.05, 4.69) is 17.3 Å². The standard InChI is InChI=1S/C19H29ClN4O2S/c1-5-7-10-24-18(20)15(14(4)22-24)8-9-17(25)23-12-27-11-16(23)19(26)21-13(3)6-2/h8-9,13,16H,5-7,10-12H2,1-4H3,(H,21,26). The predicted molar refractivity (Wildman–Crippen MR) is 112 cm³/mol. The number of hydrogen-bond donors (Lipinski definition) is 1. The van der Waals surface area contributed by atoms with Gasteiger partial charge in [-0.25, -0.2) is 0 Å². The summed E-state index contributed by atoms with van der Waals surface area (Å²) in [5, 5.41) is 7.96. The molecule has 0 spiro atoms. The predicted octanol–water partition coefficient (Wildman–Crippen LogP) is 3.47. The molecule has 0 saturated carbocycles. The summed E-state index contributed by atoms with van der Waals surface area (Å²) in [6, 6.07) is -0.323. The van der Waals surface area contributed by atoms with Gasteiger partial charge >= 0.3 is 0 Å². The zero-order valence-corrected chi connectivity index (χ0v) is 18.1. The maximum Gasteiger partial charge on any atom is 0.247 e. The molecule has 2 atom stereocenters. The molecule has 1 aliphatic rings. The van der Waals surface area contributed by atoms with E-state index >= 15 is 0 Å². The van der Waals surface area contributed by atoms with Crippen molar-refractivity contribution in [1.29, 1.82) is 0 Å². The van der Waals surface area contributed by atoms with Gasteiger partial charge in [0.1, 0.15) is 11.2 Å². The number of hydrogen-bond acceptors (Lipinski definition) is 4. The maximum atomic E-state index is 12.7. The number of aromatic nitrogens is 2. The van der Waals surface area contributed by atoms with Gasteiger partial charge in [0.05, 0.1) is 11.6 Å². The zero-order valence-electron chi connectivity index (χ0n) is 16.5. The third-order valence-corrected chi connectivity index (χ3v) is 6.11. The molecular formula is C19H29ClN4O2S. The lowest BCUT2D eigenvalue weighted by molar-refractivity contribution is -0.135. The van der Waals surface area contributed by atoms with Crippen LogP contribution in [0.2, 0.25) is 5.15 Å². The molecule has 2 rings (SSSR count). The number of amides is 2. The average molecular weight is 413 g/mol. The van der Waals surface area contributed by atoms with E-state index in [0.717, 1.165) is 37.1 Å². The van der Waals surface area contributed by atoms with Crippen LogP contribution < -0.4 is 5.32 Å². The lowest BCUT2D eigenvalue weighted by atomic mass is 10.2. The fourth-order valence-corrected chi connectivity index (χ4v) is 4.27. The van der Waals surface area contributed by atoms with Crippen molar-refractivity contribution in [2.45, 2.75) is 65.6 Å². The Morgan fingerprint density at radius 1 is 1.44 bits per heavy atom. The number of nitrogens with one attached hydrogen (secondary N) is 1. The van der Waals surface area contributed by atoms with Gasteiger partial charge in [0, 0.05) is 30.0 Å². The van der Waals surface area contributed by atoms with Gasteiger partial charge in [-0.15, -0.1) is 11.8 Å². The van der Waals surface area contributed by atoms with Crippen molar-refractivity contribution in [2.75, 3.05) is 11.6 Å². The summed E-state index contributed by atoms with van der Waals surface area (Å²) >= 11 is 8.01. The number of nitrogens with zero attached hydrogens (tertiary/aromatic N) is 3. The van der Waals surface area contributed by atoms with Crippen LogP contribution in [0.4, 0.5) is 0 Å². The third kappa shape index (κ3) is 5.51. The highest BCUT2D eigenvalue weighted by molar-refractivity contribution is 7.99. The minimum absolute atomic E-state index is 0.0855. The first kappa shape index (κ1) is 21.8. The summed E-state index contributed by atoms with van der Waals surface area (Å²) in [7, 11) is 0. The Labute approximate surface area is 170 Å². The summed E-state index contributed by atoms with van der Waals surface area (Å²) in [4.78, 5) is 26.7. The van der Waals surface area contributed by atoms with Crippen LogP contribution in [0, 0.1) is 6.92 Å². The second-order valence-electron chi connectivity index (χ2n) is 6.84. The van der Waals surface area contributed by atoms with Gasteiger partial charge < -0.3 is 10.2 Å². The van der Waals surface area contributed by atoms with Gasteiger partial charge in [0.15, 0.2) is 0 Å². The molecule has 150 valence electrons. The van der Waals surface area contributed by atoms with Crippen LogP contribution in [0.15, 0.2) is 6.08 Å². The molecule has 0 aromatic carbocycles. The molecule has 1 aromatic rings. The number of aryl methyl sites for hydroxylation is 2. The molecule has 2 heterocycles. The summed E-state index contributed by atoms with van der Waals surface area (Å²) in [6.07, 6.45) is 6.13. The number of unbranched alkanes of at least 4 members (excludes halogenated alkanes) is 1. The Bertz CT molecular complexity index is 704. The fraction of sp³-hybridized carbons (Fsp3) is 0.632. The third-order valence-electron chi connectivity index (χ3n) is 4.69. The molecule has 2 unspecified atom stereocenters. The Hall–Kier alpha value is -1.47. The van der Waals surface area contributed by atoms with Crippen LogP contribution in [-0.2, 0) is 16.1 Å². The molecular weight excluding hydrogens is 384 g/mol. The zero-order chi connectivity index (χ0) is 20.0. The van der Waals surface area contributed by atoms with Crippen LogP contribution >= 0.6 is 23.4 Å². The second-order valence-corrected chi connectivity index (χ2v) is 8.20. The first-order valence-corrected chi connectivity index (χ1v) is 11.0. The van der Waals surface area contributed by atoms with E-state index in [-0.39, 0.29) is 17.9 Å². The average Bonchev–Trinajstić information content (AvgIpc) is 3.23. The van der Waals surface area contributed by atoms with Gasteiger partial charge in [-0.3, -0.25) is 14.3 Å². The summed E-state index contributed by atoms with van der Waals surface area (Å²) in [5.74, 6) is 0.875. The fourth-order valence-electron chi connectivity index (χ4n) is 2.78. The quantitative estimate of drug-likeness (QED) is 0.664. The van der Waals surface area contributed by atoms with Crippen molar-refractivity contribution >= 4 is 41.3 Å². The first-order chi connectivity index (χ1) is 12.9. The SMILES string of the molecule is CCCCn1nc(C)c(C=CC(=O)N2CSCC2C(=O)NC(C)CC)c1Cl. The molecule has 1 aliphatic heterocycles. The Morgan fingerprint density at radius 3 is 2.85 bits per heavy atom. The van der Waals surface area contributed by atoms with E-state index in [1.54, 1.807) is 27.4 Å². The van der Waals surface area contributed by atoms with E-state index < -0.39 is 6.04 Å². The lowest BCUT2D eigenvalue weighted by Crippen LogP contribution is -2.48. The number of carbonyl (C=O) groups is 2. The van der Waals surface area contributed by atoms with Crippen LogP contribution in [0.5, 0.6) is 0 Å². The number of thioether (sulfide) groups is 1. The van der Waals surface area contributed by atoms with Gasteiger partial charge in [-0.2, -0.15) is 5.10 Å². The topological polar surface area (TPSA) is 67.2 Å². The largest absolute Gasteiger partial charge is 0.352 e. The summed E-state index contributed by atoms with van der Waals surface area (Å²) in [6.45, 7) is 8.75. The highest BCUT2D eigenvalue weighted by atomic mass is 35.5. The van der Waals surface area contributed by atoms with Crippen molar-refractivity contribution in [2.24, 2.45) is 0 Å². The monoisotopic (exact) mass is 412 g/mol. The minimum Gasteiger partial charge on any atom is -0.352 e. The van der Waals surface area contributed by atoms with Crippen molar-refractivity contribution in [3.63, 3.8) is 0 Å². The number of rotatable bonds is 8. The Balaban J connectivity index is 2.07. The lowest BCUT2D eigenvalue weighted by Gasteiger charge is -2.23. The number of halogens is 1. The Morgan fingerprint density at radius 2 is 2.19 bits per heavy atom. The number of carbonyl (C=O) groups excluding carboxylic acids is 2. The van der Waals surface area contributed by atoms with Crippen molar-refractivity contribution in [1.82, 2.24) is 20.0 Å². The van der Waals surface area contributed by atoms with Gasteiger partial charge in [0.25, 0.3) is 0 Å². The molecule has 1 N–H and O–H groups in total. The molecule has 1 fully saturated rings. The molecule has 6 nitrogen and oxygen atoms in total. The Kier molecular flexibility index (Phi) is 8.23. The normalized spacial score (nSPS) is 18.3. The molecule has 1 aromatic heterocycles. The highest BCUT2D eigenvalue weighted by Crippen LogP contribution is 2.24. The van der Waals surface area contributed by atoms with Crippen molar-refractivity contribution in [3.8, 4) is 0 Å². The summed E-state index contributed by atoms with van der Waals surface area (Å²) in [5.41, 5.74) is 1.55. The molecule has 1 saturated heterocycles. The van der Waals surface area contributed by atoms with Crippen molar-refractivity contribution < 1.29 is 9.59 Å². The smallest absolute Gasteiger partial charge is 0.247 e. The molecule has 0 bridgehead atoms. The van der Waals surface area contributed by atoms with Gasteiger partial charge in [-0.05, 0) is 32.8 Å². The summed E-state index contributed by atoms with van der Waals surface area (Å²) < 4.78 is 1.78. The highest BCUT2D eigenvalue weighted by Gasteiger charge is 2.34. The van der Waals surface area contributed by atoms with E-state index in [4.69, 9.17) is 11.6 Å². The van der Waals surface area contributed by atoms with E-state index in [1.165, 1.54) is 6.08 Å². The van der Waals surface area contributed by atoms with Crippen LogP contribution in [0.1, 0.15) is 51.3 Å². The van der Waals surface area contributed by atoms with Crippen LogP contribution in [0.3, 0.4) is 0 Å². The molecule has 0 aliphatic carbocycles. The maximum absolute atomic E-state index is 12.7. The van der Waals surface area contributed by atoms with Gasteiger partial charge in [0.2, 0.25) is 11.8 Å². The van der Waals surface area contributed by atoms with E-state index in [1.807, 2.05) is 20.8 Å². The van der Waals surface area contributed by atoms with Crippen molar-refractivity contribution in [3.05, 3.63) is 22.5 Å². The molecule has 8 heteroatoms. The minimum atomic E-state index is -0.426. The van der Waals surface area contributed by atoms with E-state index in [9.17, 15) is 9.59 Å². The van der Waals surface area contributed by atoms with Crippen LogP contribution in [-0.4, -0.2) is 50.2 Å². The first-order valence-electron chi connectivity index (χ1n) is 9.48. The molecule has 2 amide bonds. The van der Waals surface area contributed by atoms with Gasteiger partial charge in [-0.1, -0.05) is 31.9 Å². The van der Waals surface area contributed by atoms with Crippen LogP contribution in [0.25, 0.3) is 6.08 Å². The van der Waals surface area contributed by atoms with E-state index in [0.29, 0.717) is 16.8 Å². The second kappa shape index (κ2) is 10.2. The molecule has 27 heavy (non-hydrogen) atoms.